The third-order valence-electron chi connectivity index (χ3n) is 2.64. The first-order valence-corrected chi connectivity index (χ1v) is 4.45. The van der Waals surface area contributed by atoms with Gasteiger partial charge in [-0.1, -0.05) is 24.3 Å². The van der Waals surface area contributed by atoms with Gasteiger partial charge in [0.1, 0.15) is 0 Å². The van der Waals surface area contributed by atoms with Gasteiger partial charge in [-0.2, -0.15) is 0 Å². The van der Waals surface area contributed by atoms with Crippen molar-refractivity contribution in [2.45, 2.75) is 6.42 Å². The van der Waals surface area contributed by atoms with E-state index in [9.17, 15) is 0 Å². The summed E-state index contributed by atoms with van der Waals surface area (Å²) in [6, 6.07) is 8.52. The van der Waals surface area contributed by atoms with E-state index in [1.165, 1.54) is 22.5 Å². The van der Waals surface area contributed by atoms with Crippen molar-refractivity contribution in [3.8, 4) is 11.3 Å². The zero-order valence-corrected chi connectivity index (χ0v) is 7.49. The molecule has 0 radical (unpaired) electrons. The average molecular weight is 170 g/mol. The number of imidazole rings is 1. The summed E-state index contributed by atoms with van der Waals surface area (Å²) in [6.45, 7) is 0. The van der Waals surface area contributed by atoms with Gasteiger partial charge in [-0.05, 0) is 5.56 Å². The summed E-state index contributed by atoms with van der Waals surface area (Å²) in [5.41, 5.74) is 5.24. The summed E-state index contributed by atoms with van der Waals surface area (Å²) in [5.74, 6) is 0. The first-order chi connectivity index (χ1) is 6.36. The first-order valence-electron chi connectivity index (χ1n) is 4.45. The van der Waals surface area contributed by atoms with Crippen LogP contribution in [0.1, 0.15) is 11.3 Å². The highest BCUT2D eigenvalue weighted by atomic mass is 15.0. The maximum absolute atomic E-state index is 4.37. The number of hydrogen-bond donors (Lipinski definition) is 0. The molecule has 13 heavy (non-hydrogen) atoms. The minimum atomic E-state index is 0.992. The van der Waals surface area contributed by atoms with Gasteiger partial charge in [-0.3, -0.25) is 0 Å². The van der Waals surface area contributed by atoms with Crippen LogP contribution in [0.3, 0.4) is 0 Å². The van der Waals surface area contributed by atoms with Gasteiger partial charge in [-0.25, -0.2) is 4.98 Å². The highest BCUT2D eigenvalue weighted by Gasteiger charge is 2.21. The predicted octanol–water partition coefficient (Wildman–Crippen LogP) is 1.99. The molecule has 1 aliphatic carbocycles. The Morgan fingerprint density at radius 3 is 3.08 bits per heavy atom. The number of aromatic nitrogens is 2. The zero-order valence-electron chi connectivity index (χ0n) is 7.49. The quantitative estimate of drug-likeness (QED) is 0.504. The molecule has 1 heterocycles. The topological polar surface area (TPSA) is 17.8 Å². The van der Waals surface area contributed by atoms with E-state index < -0.39 is 0 Å². The number of hydrogen-bond acceptors (Lipinski definition) is 1. The van der Waals surface area contributed by atoms with Crippen LogP contribution in [0.15, 0.2) is 30.6 Å². The van der Waals surface area contributed by atoms with Crippen LogP contribution in [-0.2, 0) is 13.5 Å². The monoisotopic (exact) mass is 170 g/mol. The molecule has 0 saturated carbocycles. The van der Waals surface area contributed by atoms with Gasteiger partial charge in [0.15, 0.2) is 0 Å². The van der Waals surface area contributed by atoms with Gasteiger partial charge in [-0.15, -0.1) is 0 Å². The Morgan fingerprint density at radius 1 is 1.31 bits per heavy atom. The molecular weight excluding hydrogens is 160 g/mol. The summed E-state index contributed by atoms with van der Waals surface area (Å²) in [4.78, 5) is 4.37. The summed E-state index contributed by atoms with van der Waals surface area (Å²) < 4.78 is 2.10. The molecule has 0 fully saturated rings. The van der Waals surface area contributed by atoms with E-state index in [-0.39, 0.29) is 0 Å². The average Bonchev–Trinajstić information content (AvgIpc) is 2.66. The SMILES string of the molecule is Cn1cnc2c1-c1ccccc1C2. The van der Waals surface area contributed by atoms with Gasteiger partial charge < -0.3 is 4.57 Å². The third kappa shape index (κ3) is 0.800. The van der Waals surface area contributed by atoms with Gasteiger partial charge in [0.05, 0.1) is 17.7 Å². The molecule has 1 aromatic heterocycles. The van der Waals surface area contributed by atoms with Crippen LogP contribution in [0, 0.1) is 0 Å². The highest BCUT2D eigenvalue weighted by molar-refractivity contribution is 5.72. The fourth-order valence-corrected chi connectivity index (χ4v) is 2.04. The Balaban J connectivity index is 2.35. The summed E-state index contributed by atoms with van der Waals surface area (Å²) in [7, 11) is 2.05. The second-order valence-electron chi connectivity index (χ2n) is 3.48. The molecule has 0 aliphatic heterocycles. The first kappa shape index (κ1) is 6.89. The minimum absolute atomic E-state index is 0.992. The van der Waals surface area contributed by atoms with Crippen LogP contribution in [-0.4, -0.2) is 9.55 Å². The highest BCUT2D eigenvalue weighted by Crippen LogP contribution is 2.34. The molecule has 0 atom stereocenters. The van der Waals surface area contributed by atoms with Gasteiger partial charge in [0.2, 0.25) is 0 Å². The fourth-order valence-electron chi connectivity index (χ4n) is 2.04. The fraction of sp³-hybridized carbons (Fsp3) is 0.182. The van der Waals surface area contributed by atoms with Crippen molar-refractivity contribution in [1.29, 1.82) is 0 Å². The van der Waals surface area contributed by atoms with Gasteiger partial charge >= 0.3 is 0 Å². The van der Waals surface area contributed by atoms with Crippen LogP contribution >= 0.6 is 0 Å². The Hall–Kier alpha value is -1.57. The second-order valence-corrected chi connectivity index (χ2v) is 3.48. The molecule has 0 unspecified atom stereocenters. The standard InChI is InChI=1S/C11H10N2/c1-13-7-12-10-6-8-4-2-3-5-9(8)11(10)13/h2-5,7H,6H2,1H3. The zero-order chi connectivity index (χ0) is 8.84. The van der Waals surface area contributed by atoms with Crippen LogP contribution in [0.5, 0.6) is 0 Å². The third-order valence-corrected chi connectivity index (χ3v) is 2.64. The number of aryl methyl sites for hydroxylation is 1. The van der Waals surface area contributed by atoms with Crippen molar-refractivity contribution in [1.82, 2.24) is 9.55 Å². The lowest BCUT2D eigenvalue weighted by molar-refractivity contribution is 0.921. The van der Waals surface area contributed by atoms with E-state index in [1.54, 1.807) is 0 Å². The smallest absolute Gasteiger partial charge is 0.0951 e. The molecule has 1 aromatic carbocycles. The largest absolute Gasteiger partial charge is 0.334 e. The molecule has 0 N–H and O–H groups in total. The molecule has 0 bridgehead atoms. The predicted molar refractivity (Wildman–Crippen MR) is 51.5 cm³/mol. The Bertz CT molecular complexity index is 469. The molecule has 3 rings (SSSR count). The summed E-state index contributed by atoms with van der Waals surface area (Å²) in [6.07, 6.45) is 2.88. The number of fused-ring (bicyclic) bond motifs is 3. The van der Waals surface area contributed by atoms with Crippen molar-refractivity contribution in [3.63, 3.8) is 0 Å². The van der Waals surface area contributed by atoms with Crippen LogP contribution in [0.2, 0.25) is 0 Å². The molecule has 0 saturated heterocycles. The van der Waals surface area contributed by atoms with E-state index in [2.05, 4.69) is 33.8 Å². The summed E-state index contributed by atoms with van der Waals surface area (Å²) >= 11 is 0. The van der Waals surface area contributed by atoms with Crippen LogP contribution in [0.25, 0.3) is 11.3 Å². The van der Waals surface area contributed by atoms with E-state index in [0.29, 0.717) is 0 Å². The maximum Gasteiger partial charge on any atom is 0.0951 e. The molecule has 2 nitrogen and oxygen atoms in total. The molecule has 0 amide bonds. The van der Waals surface area contributed by atoms with E-state index >= 15 is 0 Å². The Morgan fingerprint density at radius 2 is 2.15 bits per heavy atom. The second kappa shape index (κ2) is 2.22. The Kier molecular flexibility index (Phi) is 1.18. The number of rotatable bonds is 0. The van der Waals surface area contributed by atoms with Crippen molar-refractivity contribution in [2.24, 2.45) is 7.05 Å². The number of benzene rings is 1. The van der Waals surface area contributed by atoms with Crippen molar-refractivity contribution < 1.29 is 0 Å². The molecule has 2 aromatic rings. The molecule has 2 heteroatoms. The van der Waals surface area contributed by atoms with Gasteiger partial charge in [0, 0.05) is 19.0 Å². The Labute approximate surface area is 76.9 Å². The van der Waals surface area contributed by atoms with Crippen molar-refractivity contribution in [3.05, 3.63) is 41.9 Å². The lowest BCUT2D eigenvalue weighted by Crippen LogP contribution is -1.88. The molecule has 64 valence electrons. The minimum Gasteiger partial charge on any atom is -0.334 e. The van der Waals surface area contributed by atoms with Crippen LogP contribution in [0.4, 0.5) is 0 Å². The van der Waals surface area contributed by atoms with Crippen molar-refractivity contribution >= 4 is 0 Å². The lowest BCUT2D eigenvalue weighted by atomic mass is 10.1. The number of nitrogens with zero attached hydrogens (tertiary/aromatic N) is 2. The van der Waals surface area contributed by atoms with E-state index in [1.807, 2.05) is 13.4 Å². The lowest BCUT2D eigenvalue weighted by Gasteiger charge is -2.00. The normalized spacial score (nSPS) is 12.7. The molecular formula is C11H10N2. The van der Waals surface area contributed by atoms with E-state index in [4.69, 9.17) is 0 Å². The van der Waals surface area contributed by atoms with Gasteiger partial charge in [0.25, 0.3) is 0 Å². The summed E-state index contributed by atoms with van der Waals surface area (Å²) in [5, 5.41) is 0. The molecule has 0 spiro atoms. The van der Waals surface area contributed by atoms with Crippen LogP contribution < -0.4 is 0 Å². The van der Waals surface area contributed by atoms with Crippen molar-refractivity contribution in [2.75, 3.05) is 0 Å². The van der Waals surface area contributed by atoms with E-state index in [0.717, 1.165) is 6.42 Å². The molecule has 1 aliphatic rings. The maximum atomic E-state index is 4.37.